The Labute approximate surface area is 94.5 Å². The first-order chi connectivity index (χ1) is 7.60. The molecule has 16 heavy (non-hydrogen) atoms. The minimum absolute atomic E-state index is 0.148. The molecule has 0 bridgehead atoms. The van der Waals surface area contributed by atoms with Crippen LogP contribution >= 0.6 is 0 Å². The van der Waals surface area contributed by atoms with E-state index in [9.17, 15) is 4.79 Å². The first-order valence-corrected chi connectivity index (χ1v) is 5.22. The molecule has 1 fully saturated rings. The highest BCUT2D eigenvalue weighted by molar-refractivity contribution is 5.82. The molecule has 1 N–H and O–H groups in total. The second-order valence-corrected chi connectivity index (χ2v) is 4.40. The molecular formula is C12H15NO3. The SMILES string of the molecule is CC1(C)C(=O)NOC1OCc1ccccc1. The van der Waals surface area contributed by atoms with Crippen molar-refractivity contribution in [2.24, 2.45) is 5.41 Å². The van der Waals surface area contributed by atoms with Crippen LogP contribution in [0.25, 0.3) is 0 Å². The van der Waals surface area contributed by atoms with Gasteiger partial charge in [0.15, 0.2) is 6.29 Å². The molecule has 1 unspecified atom stereocenters. The third-order valence-corrected chi connectivity index (χ3v) is 2.68. The molecule has 1 saturated heterocycles. The maximum Gasteiger partial charge on any atom is 0.254 e. The standard InChI is InChI=1S/C12H15NO3/c1-12(2)10(14)13-16-11(12)15-8-9-6-4-3-5-7-9/h3-7,11H,8H2,1-2H3,(H,13,14). The fourth-order valence-electron chi connectivity index (χ4n) is 1.48. The Balaban J connectivity index is 1.94. The van der Waals surface area contributed by atoms with E-state index in [0.29, 0.717) is 6.61 Å². The molecule has 1 aromatic rings. The average Bonchev–Trinajstić information content (AvgIpc) is 2.53. The Morgan fingerprint density at radius 1 is 1.38 bits per heavy atom. The molecule has 4 heteroatoms. The molecule has 1 heterocycles. The zero-order valence-corrected chi connectivity index (χ0v) is 9.40. The van der Waals surface area contributed by atoms with E-state index in [1.807, 2.05) is 30.3 Å². The van der Waals surface area contributed by atoms with Gasteiger partial charge < -0.3 is 4.74 Å². The second kappa shape index (κ2) is 4.23. The summed E-state index contributed by atoms with van der Waals surface area (Å²) in [7, 11) is 0. The van der Waals surface area contributed by atoms with Crippen molar-refractivity contribution in [3.05, 3.63) is 35.9 Å². The van der Waals surface area contributed by atoms with Gasteiger partial charge in [0.25, 0.3) is 5.91 Å². The highest BCUT2D eigenvalue weighted by Gasteiger charge is 2.45. The third-order valence-electron chi connectivity index (χ3n) is 2.68. The normalized spacial score (nSPS) is 23.1. The molecule has 1 aromatic carbocycles. The Kier molecular flexibility index (Phi) is 2.94. The van der Waals surface area contributed by atoms with Crippen molar-refractivity contribution in [2.75, 3.05) is 0 Å². The second-order valence-electron chi connectivity index (χ2n) is 4.40. The lowest BCUT2D eigenvalue weighted by Gasteiger charge is -2.21. The Bertz CT molecular complexity index is 375. The summed E-state index contributed by atoms with van der Waals surface area (Å²) in [4.78, 5) is 16.5. The van der Waals surface area contributed by atoms with Gasteiger partial charge in [-0.25, -0.2) is 10.3 Å². The maximum atomic E-state index is 11.4. The lowest BCUT2D eigenvalue weighted by molar-refractivity contribution is -0.180. The predicted molar refractivity (Wildman–Crippen MR) is 58.0 cm³/mol. The summed E-state index contributed by atoms with van der Waals surface area (Å²) >= 11 is 0. The van der Waals surface area contributed by atoms with Crippen molar-refractivity contribution < 1.29 is 14.4 Å². The lowest BCUT2D eigenvalue weighted by Crippen LogP contribution is -2.33. The van der Waals surface area contributed by atoms with Crippen LogP contribution in [0.3, 0.4) is 0 Å². The smallest absolute Gasteiger partial charge is 0.254 e. The minimum atomic E-state index is -0.644. The van der Waals surface area contributed by atoms with Gasteiger partial charge in [-0.2, -0.15) is 0 Å². The maximum absolute atomic E-state index is 11.4. The van der Waals surface area contributed by atoms with Crippen molar-refractivity contribution in [2.45, 2.75) is 26.7 Å². The molecule has 86 valence electrons. The van der Waals surface area contributed by atoms with E-state index in [4.69, 9.17) is 9.57 Å². The lowest BCUT2D eigenvalue weighted by atomic mass is 9.93. The van der Waals surface area contributed by atoms with E-state index in [1.165, 1.54) is 0 Å². The van der Waals surface area contributed by atoms with Crippen LogP contribution in [0.1, 0.15) is 19.4 Å². The molecule has 0 aromatic heterocycles. The first-order valence-electron chi connectivity index (χ1n) is 5.22. The number of carbonyl (C=O) groups is 1. The zero-order valence-electron chi connectivity index (χ0n) is 9.40. The highest BCUT2D eigenvalue weighted by atomic mass is 16.8. The monoisotopic (exact) mass is 221 g/mol. The largest absolute Gasteiger partial charge is 0.344 e. The number of nitrogens with one attached hydrogen (secondary N) is 1. The summed E-state index contributed by atoms with van der Waals surface area (Å²) < 4.78 is 5.57. The number of carbonyl (C=O) groups excluding carboxylic acids is 1. The number of amides is 1. The van der Waals surface area contributed by atoms with E-state index in [-0.39, 0.29) is 5.91 Å². The molecule has 1 aliphatic rings. The fraction of sp³-hybridized carbons (Fsp3) is 0.417. The van der Waals surface area contributed by atoms with Crippen molar-refractivity contribution >= 4 is 5.91 Å². The summed E-state index contributed by atoms with van der Waals surface area (Å²) in [6, 6.07) is 9.78. The van der Waals surface area contributed by atoms with E-state index in [0.717, 1.165) is 5.56 Å². The molecule has 2 rings (SSSR count). The molecule has 0 radical (unpaired) electrons. The van der Waals surface area contributed by atoms with Gasteiger partial charge in [0.05, 0.1) is 12.0 Å². The Morgan fingerprint density at radius 3 is 2.62 bits per heavy atom. The molecule has 0 saturated carbocycles. The van der Waals surface area contributed by atoms with E-state index in [2.05, 4.69) is 5.48 Å². The van der Waals surface area contributed by atoms with Crippen molar-refractivity contribution in [3.8, 4) is 0 Å². The fourth-order valence-corrected chi connectivity index (χ4v) is 1.48. The number of hydroxylamine groups is 1. The van der Waals surface area contributed by atoms with Crippen molar-refractivity contribution in [1.82, 2.24) is 5.48 Å². The molecule has 1 amide bonds. The van der Waals surface area contributed by atoms with Crippen LogP contribution in [0, 0.1) is 5.41 Å². The van der Waals surface area contributed by atoms with Gasteiger partial charge in [-0.1, -0.05) is 30.3 Å². The van der Waals surface area contributed by atoms with Gasteiger partial charge >= 0.3 is 0 Å². The molecular weight excluding hydrogens is 206 g/mol. The molecule has 0 aliphatic carbocycles. The summed E-state index contributed by atoms with van der Waals surface area (Å²) in [5.74, 6) is -0.148. The van der Waals surface area contributed by atoms with Gasteiger partial charge in [0.2, 0.25) is 0 Å². The van der Waals surface area contributed by atoms with Gasteiger partial charge in [-0.3, -0.25) is 4.79 Å². The van der Waals surface area contributed by atoms with Crippen LogP contribution in [-0.2, 0) is 21.0 Å². The number of benzene rings is 1. The summed E-state index contributed by atoms with van der Waals surface area (Å²) in [5, 5.41) is 0. The summed E-state index contributed by atoms with van der Waals surface area (Å²) in [5.41, 5.74) is 2.74. The van der Waals surface area contributed by atoms with Crippen molar-refractivity contribution in [1.29, 1.82) is 0 Å². The minimum Gasteiger partial charge on any atom is -0.344 e. The van der Waals surface area contributed by atoms with Gasteiger partial charge in [0, 0.05) is 0 Å². The number of rotatable bonds is 3. The van der Waals surface area contributed by atoms with Gasteiger partial charge in [-0.15, -0.1) is 0 Å². The predicted octanol–water partition coefficient (Wildman–Crippen LogP) is 1.62. The van der Waals surface area contributed by atoms with E-state index in [1.54, 1.807) is 13.8 Å². The van der Waals surface area contributed by atoms with Crippen molar-refractivity contribution in [3.63, 3.8) is 0 Å². The topological polar surface area (TPSA) is 47.6 Å². The van der Waals surface area contributed by atoms with Crippen LogP contribution in [0.2, 0.25) is 0 Å². The summed E-state index contributed by atoms with van der Waals surface area (Å²) in [6.07, 6.45) is -0.541. The van der Waals surface area contributed by atoms with Crippen LogP contribution < -0.4 is 5.48 Å². The zero-order chi connectivity index (χ0) is 11.6. The Morgan fingerprint density at radius 2 is 2.06 bits per heavy atom. The third kappa shape index (κ3) is 2.08. The molecule has 1 atom stereocenters. The van der Waals surface area contributed by atoms with Gasteiger partial charge in [-0.05, 0) is 19.4 Å². The molecule has 0 spiro atoms. The summed E-state index contributed by atoms with van der Waals surface area (Å²) in [6.45, 7) is 4.03. The van der Waals surface area contributed by atoms with Crippen LogP contribution in [-0.4, -0.2) is 12.2 Å². The van der Waals surface area contributed by atoms with E-state index >= 15 is 0 Å². The average molecular weight is 221 g/mol. The van der Waals surface area contributed by atoms with Crippen LogP contribution in [0.5, 0.6) is 0 Å². The number of hydrogen-bond donors (Lipinski definition) is 1. The number of hydrogen-bond acceptors (Lipinski definition) is 3. The molecule has 4 nitrogen and oxygen atoms in total. The highest BCUT2D eigenvalue weighted by Crippen LogP contribution is 2.29. The van der Waals surface area contributed by atoms with Crippen LogP contribution in [0.15, 0.2) is 30.3 Å². The van der Waals surface area contributed by atoms with Crippen LogP contribution in [0.4, 0.5) is 0 Å². The first kappa shape index (κ1) is 11.1. The molecule has 1 aliphatic heterocycles. The number of ether oxygens (including phenoxy) is 1. The Hall–Kier alpha value is -1.39. The van der Waals surface area contributed by atoms with E-state index < -0.39 is 11.7 Å². The van der Waals surface area contributed by atoms with Gasteiger partial charge in [0.1, 0.15) is 0 Å². The quantitative estimate of drug-likeness (QED) is 0.843.